The zero-order chi connectivity index (χ0) is 15.3. The van der Waals surface area contributed by atoms with Gasteiger partial charge in [0.15, 0.2) is 0 Å². The Kier molecular flexibility index (Phi) is 6.37. The van der Waals surface area contributed by atoms with Gasteiger partial charge in [0, 0.05) is 16.2 Å². The van der Waals surface area contributed by atoms with Crippen molar-refractivity contribution in [2.75, 3.05) is 5.32 Å². The number of hydrogen-bond donors (Lipinski definition) is 1. The molecule has 0 aromatic heterocycles. The normalized spacial score (nSPS) is 13.6. The Labute approximate surface area is 127 Å². The summed E-state index contributed by atoms with van der Waals surface area (Å²) < 4.78 is 39.4. The molecule has 0 aliphatic carbocycles. The van der Waals surface area contributed by atoms with Crippen LogP contribution in [0.5, 0.6) is 0 Å². The lowest BCUT2D eigenvalue weighted by Gasteiger charge is -2.20. The van der Waals surface area contributed by atoms with Crippen molar-refractivity contribution in [3.8, 4) is 0 Å². The van der Waals surface area contributed by atoms with E-state index in [4.69, 9.17) is 0 Å². The van der Waals surface area contributed by atoms with E-state index in [2.05, 4.69) is 35.1 Å². The third-order valence-electron chi connectivity index (χ3n) is 3.11. The predicted molar refractivity (Wildman–Crippen MR) is 80.9 cm³/mol. The van der Waals surface area contributed by atoms with Crippen molar-refractivity contribution in [2.45, 2.75) is 52.3 Å². The fraction of sp³-hybridized carbons (Fsp3) is 0.600. The highest BCUT2D eigenvalue weighted by Crippen LogP contribution is 2.37. The van der Waals surface area contributed by atoms with Crippen molar-refractivity contribution in [3.63, 3.8) is 0 Å². The molecule has 1 nitrogen and oxygen atoms in total. The summed E-state index contributed by atoms with van der Waals surface area (Å²) in [6, 6.07) is 4.24. The minimum Gasteiger partial charge on any atom is -0.382 e. The number of halogens is 4. The summed E-state index contributed by atoms with van der Waals surface area (Å²) in [5, 5.41) is 2.98. The molecule has 114 valence electrons. The highest BCUT2D eigenvalue weighted by Gasteiger charge is 2.33. The Morgan fingerprint density at radius 2 is 1.80 bits per heavy atom. The first-order chi connectivity index (χ1) is 9.20. The van der Waals surface area contributed by atoms with Crippen LogP contribution in [0.3, 0.4) is 0 Å². The molecule has 0 spiro atoms. The molecule has 0 aliphatic rings. The molecule has 5 heteroatoms. The number of hydrogen-bond acceptors (Lipinski definition) is 1. The number of rotatable bonds is 6. The summed E-state index contributed by atoms with van der Waals surface area (Å²) in [5.41, 5.74) is -0.472. The third-order valence-corrected chi connectivity index (χ3v) is 3.60. The van der Waals surface area contributed by atoms with E-state index in [1.165, 1.54) is 6.07 Å². The van der Waals surface area contributed by atoms with E-state index in [0.29, 0.717) is 10.4 Å². The zero-order valence-corrected chi connectivity index (χ0v) is 13.6. The molecule has 1 rings (SSSR count). The van der Waals surface area contributed by atoms with Gasteiger partial charge in [0.25, 0.3) is 0 Å². The van der Waals surface area contributed by atoms with Crippen LogP contribution < -0.4 is 5.32 Å². The molecule has 1 N–H and O–H groups in total. The Morgan fingerprint density at radius 1 is 1.15 bits per heavy atom. The first-order valence-electron chi connectivity index (χ1n) is 6.83. The Balaban J connectivity index is 2.72. The van der Waals surface area contributed by atoms with E-state index in [0.717, 1.165) is 25.3 Å². The van der Waals surface area contributed by atoms with Crippen molar-refractivity contribution in [2.24, 2.45) is 5.92 Å². The van der Waals surface area contributed by atoms with Gasteiger partial charge in [-0.2, -0.15) is 13.2 Å². The van der Waals surface area contributed by atoms with Crippen molar-refractivity contribution in [3.05, 3.63) is 28.2 Å². The molecular weight excluding hydrogens is 331 g/mol. The standard InChI is InChI=1S/C15H21BrF3N/c1-10(2)5-4-6-11(3)20-14-8-7-12(16)9-13(14)15(17,18)19/h7-11,20H,4-6H2,1-3H3. The van der Waals surface area contributed by atoms with Crippen LogP contribution in [0.2, 0.25) is 0 Å². The van der Waals surface area contributed by atoms with Crippen LogP contribution in [0.15, 0.2) is 22.7 Å². The second kappa shape index (κ2) is 7.34. The SMILES string of the molecule is CC(C)CCCC(C)Nc1ccc(Br)cc1C(F)(F)F. The summed E-state index contributed by atoms with van der Waals surface area (Å²) in [4.78, 5) is 0. The molecule has 0 bridgehead atoms. The van der Waals surface area contributed by atoms with Gasteiger partial charge < -0.3 is 5.32 Å². The molecule has 20 heavy (non-hydrogen) atoms. The van der Waals surface area contributed by atoms with Crippen molar-refractivity contribution in [1.29, 1.82) is 0 Å². The molecule has 0 fully saturated rings. The van der Waals surface area contributed by atoms with Crippen molar-refractivity contribution < 1.29 is 13.2 Å². The molecule has 0 heterocycles. The summed E-state index contributed by atoms with van der Waals surface area (Å²) in [7, 11) is 0. The maximum Gasteiger partial charge on any atom is 0.418 e. The van der Waals surface area contributed by atoms with Crippen LogP contribution in [-0.4, -0.2) is 6.04 Å². The minimum atomic E-state index is -4.34. The third kappa shape index (κ3) is 5.73. The van der Waals surface area contributed by atoms with Crippen molar-refractivity contribution >= 4 is 21.6 Å². The number of benzene rings is 1. The van der Waals surface area contributed by atoms with Crippen LogP contribution in [0.25, 0.3) is 0 Å². The van der Waals surface area contributed by atoms with Crippen LogP contribution in [0.4, 0.5) is 18.9 Å². The monoisotopic (exact) mass is 351 g/mol. The summed E-state index contributed by atoms with van der Waals surface area (Å²) in [6.45, 7) is 6.21. The second-order valence-electron chi connectivity index (χ2n) is 5.56. The lowest BCUT2D eigenvalue weighted by molar-refractivity contribution is -0.137. The summed E-state index contributed by atoms with van der Waals surface area (Å²) in [5.74, 6) is 0.626. The number of nitrogens with one attached hydrogen (secondary N) is 1. The molecule has 1 aromatic rings. The largest absolute Gasteiger partial charge is 0.418 e. The fourth-order valence-electron chi connectivity index (χ4n) is 2.05. The van der Waals surface area contributed by atoms with Gasteiger partial charge in [-0.05, 0) is 37.5 Å². The molecule has 1 aromatic carbocycles. The number of alkyl halides is 3. The van der Waals surface area contributed by atoms with Gasteiger partial charge >= 0.3 is 6.18 Å². The van der Waals surface area contributed by atoms with E-state index in [-0.39, 0.29) is 11.7 Å². The molecule has 0 amide bonds. The predicted octanol–water partition coefficient (Wildman–Crippen LogP) is 6.09. The highest BCUT2D eigenvalue weighted by atomic mass is 79.9. The van der Waals surface area contributed by atoms with Crippen LogP contribution in [0, 0.1) is 5.92 Å². The van der Waals surface area contributed by atoms with Gasteiger partial charge in [-0.1, -0.05) is 42.6 Å². The van der Waals surface area contributed by atoms with Gasteiger partial charge in [-0.3, -0.25) is 0 Å². The topological polar surface area (TPSA) is 12.0 Å². The molecule has 0 saturated heterocycles. The van der Waals surface area contributed by atoms with E-state index in [1.807, 2.05) is 6.92 Å². The van der Waals surface area contributed by atoms with Gasteiger partial charge in [-0.25, -0.2) is 0 Å². The average Bonchev–Trinajstić information content (AvgIpc) is 2.29. The number of anilines is 1. The molecule has 1 atom stereocenters. The van der Waals surface area contributed by atoms with E-state index in [1.54, 1.807) is 6.07 Å². The fourth-order valence-corrected chi connectivity index (χ4v) is 2.41. The van der Waals surface area contributed by atoms with Gasteiger partial charge in [-0.15, -0.1) is 0 Å². The molecule has 1 unspecified atom stereocenters. The van der Waals surface area contributed by atoms with Crippen LogP contribution in [-0.2, 0) is 6.18 Å². The summed E-state index contributed by atoms with van der Waals surface area (Å²) in [6.07, 6.45) is -1.36. The van der Waals surface area contributed by atoms with E-state index >= 15 is 0 Å². The lowest BCUT2D eigenvalue weighted by Crippen LogP contribution is -2.19. The quantitative estimate of drug-likeness (QED) is 0.653. The van der Waals surface area contributed by atoms with E-state index < -0.39 is 11.7 Å². The smallest absolute Gasteiger partial charge is 0.382 e. The Morgan fingerprint density at radius 3 is 2.35 bits per heavy atom. The van der Waals surface area contributed by atoms with E-state index in [9.17, 15) is 13.2 Å². The highest BCUT2D eigenvalue weighted by molar-refractivity contribution is 9.10. The first-order valence-corrected chi connectivity index (χ1v) is 7.62. The van der Waals surface area contributed by atoms with Crippen LogP contribution in [0.1, 0.15) is 45.6 Å². The second-order valence-corrected chi connectivity index (χ2v) is 6.47. The molecule has 0 radical (unpaired) electrons. The van der Waals surface area contributed by atoms with Gasteiger partial charge in [0.05, 0.1) is 5.56 Å². The Bertz CT molecular complexity index is 430. The molecule has 0 aliphatic heterocycles. The molecular formula is C15H21BrF3N. The van der Waals surface area contributed by atoms with Gasteiger partial charge in [0.1, 0.15) is 0 Å². The summed E-state index contributed by atoms with van der Waals surface area (Å²) >= 11 is 3.09. The van der Waals surface area contributed by atoms with Crippen LogP contribution >= 0.6 is 15.9 Å². The minimum absolute atomic E-state index is 0.0241. The maximum atomic E-state index is 13.0. The zero-order valence-electron chi connectivity index (χ0n) is 12.0. The first kappa shape index (κ1) is 17.3. The average molecular weight is 352 g/mol. The molecule has 0 saturated carbocycles. The maximum absolute atomic E-state index is 13.0. The van der Waals surface area contributed by atoms with Crippen molar-refractivity contribution in [1.82, 2.24) is 0 Å². The van der Waals surface area contributed by atoms with Gasteiger partial charge in [0.2, 0.25) is 0 Å². The Hall–Kier alpha value is -0.710. The lowest BCUT2D eigenvalue weighted by atomic mass is 10.0.